The number of halogens is 2. The van der Waals surface area contributed by atoms with Crippen molar-refractivity contribution >= 4 is 0 Å². The first kappa shape index (κ1) is 15.3. The van der Waals surface area contributed by atoms with Crippen LogP contribution in [0.1, 0.15) is 18.5 Å². The van der Waals surface area contributed by atoms with Crippen LogP contribution in [0, 0.1) is 11.6 Å². The smallest absolute Gasteiger partial charge is 0.190 e. The molecule has 0 saturated carbocycles. The van der Waals surface area contributed by atoms with Crippen LogP contribution in [0.2, 0.25) is 0 Å². The third-order valence-corrected chi connectivity index (χ3v) is 2.94. The molecule has 112 valence electrons. The molecule has 0 amide bonds. The molecule has 0 fully saturated rings. The zero-order chi connectivity index (χ0) is 15.2. The Labute approximate surface area is 122 Å². The van der Waals surface area contributed by atoms with Crippen molar-refractivity contribution < 1.29 is 18.3 Å². The van der Waals surface area contributed by atoms with E-state index in [0.717, 1.165) is 17.7 Å². The van der Waals surface area contributed by atoms with Gasteiger partial charge in [0.05, 0.1) is 12.6 Å². The van der Waals surface area contributed by atoms with Crippen molar-refractivity contribution in [2.24, 2.45) is 5.73 Å². The van der Waals surface area contributed by atoms with E-state index in [0.29, 0.717) is 12.4 Å². The average Bonchev–Trinajstić information content (AvgIpc) is 2.47. The summed E-state index contributed by atoms with van der Waals surface area (Å²) in [6.45, 7) is 2.32. The topological polar surface area (TPSA) is 44.5 Å². The van der Waals surface area contributed by atoms with Crippen LogP contribution in [0.25, 0.3) is 0 Å². The Kier molecular flexibility index (Phi) is 5.11. The Morgan fingerprint density at radius 1 is 1.00 bits per heavy atom. The van der Waals surface area contributed by atoms with Gasteiger partial charge in [0.1, 0.15) is 12.4 Å². The van der Waals surface area contributed by atoms with E-state index in [4.69, 9.17) is 15.2 Å². The zero-order valence-corrected chi connectivity index (χ0v) is 11.7. The minimum Gasteiger partial charge on any atom is -0.494 e. The maximum Gasteiger partial charge on any atom is 0.190 e. The average molecular weight is 293 g/mol. The van der Waals surface area contributed by atoms with Gasteiger partial charge in [0, 0.05) is 5.56 Å². The summed E-state index contributed by atoms with van der Waals surface area (Å²) >= 11 is 0. The highest BCUT2D eigenvalue weighted by Gasteiger charge is 2.15. The Hall–Kier alpha value is -2.14. The molecule has 0 saturated heterocycles. The second-order valence-corrected chi connectivity index (χ2v) is 4.44. The summed E-state index contributed by atoms with van der Waals surface area (Å²) in [5, 5.41) is 0. The predicted molar refractivity (Wildman–Crippen MR) is 76.4 cm³/mol. The Morgan fingerprint density at radius 2 is 1.67 bits per heavy atom. The first-order chi connectivity index (χ1) is 10.1. The van der Waals surface area contributed by atoms with Gasteiger partial charge < -0.3 is 15.2 Å². The maximum atomic E-state index is 13.5. The van der Waals surface area contributed by atoms with Gasteiger partial charge in [-0.2, -0.15) is 0 Å². The molecule has 0 aliphatic carbocycles. The molecule has 1 atom stereocenters. The predicted octanol–water partition coefficient (Wildman–Crippen LogP) is 3.44. The van der Waals surface area contributed by atoms with E-state index in [9.17, 15) is 8.78 Å². The highest BCUT2D eigenvalue weighted by atomic mass is 19.1. The van der Waals surface area contributed by atoms with Crippen molar-refractivity contribution in [1.82, 2.24) is 0 Å². The SMILES string of the molecule is CCOc1ccccc1C(N)COc1c(F)cccc1F. The molecular formula is C16H17F2NO2. The number of para-hydroxylation sites is 2. The molecule has 0 spiro atoms. The molecule has 0 radical (unpaired) electrons. The number of nitrogens with two attached hydrogens (primary N) is 1. The molecule has 1 unspecified atom stereocenters. The minimum atomic E-state index is -0.750. The summed E-state index contributed by atoms with van der Waals surface area (Å²) in [5.41, 5.74) is 6.76. The lowest BCUT2D eigenvalue weighted by molar-refractivity contribution is 0.258. The molecule has 3 nitrogen and oxygen atoms in total. The maximum absolute atomic E-state index is 13.5. The standard InChI is InChI=1S/C16H17F2NO2/c1-2-20-15-9-4-3-6-11(15)14(19)10-21-16-12(17)7-5-8-13(16)18/h3-9,14H,2,10,19H2,1H3. The normalized spacial score (nSPS) is 12.0. The monoisotopic (exact) mass is 293 g/mol. The fraction of sp³-hybridized carbons (Fsp3) is 0.250. The van der Waals surface area contributed by atoms with Crippen molar-refractivity contribution in [1.29, 1.82) is 0 Å². The zero-order valence-electron chi connectivity index (χ0n) is 11.7. The highest BCUT2D eigenvalue weighted by molar-refractivity contribution is 5.36. The second-order valence-electron chi connectivity index (χ2n) is 4.44. The van der Waals surface area contributed by atoms with Crippen LogP contribution in [0.4, 0.5) is 8.78 Å². The molecular weight excluding hydrogens is 276 g/mol. The number of hydrogen-bond acceptors (Lipinski definition) is 3. The van der Waals surface area contributed by atoms with E-state index >= 15 is 0 Å². The summed E-state index contributed by atoms with van der Waals surface area (Å²) in [6.07, 6.45) is 0. The van der Waals surface area contributed by atoms with Crippen LogP contribution in [0.5, 0.6) is 11.5 Å². The molecule has 5 heteroatoms. The van der Waals surface area contributed by atoms with Crippen LogP contribution >= 0.6 is 0 Å². The molecule has 0 bridgehead atoms. The summed E-state index contributed by atoms with van der Waals surface area (Å²) in [7, 11) is 0. The van der Waals surface area contributed by atoms with Crippen LogP contribution in [-0.2, 0) is 0 Å². The quantitative estimate of drug-likeness (QED) is 0.887. The second kappa shape index (κ2) is 7.04. The number of ether oxygens (including phenoxy) is 2. The lowest BCUT2D eigenvalue weighted by Gasteiger charge is -2.17. The molecule has 0 heterocycles. The molecule has 0 aliphatic heterocycles. The van der Waals surface area contributed by atoms with Gasteiger partial charge >= 0.3 is 0 Å². The van der Waals surface area contributed by atoms with E-state index in [-0.39, 0.29) is 6.61 Å². The van der Waals surface area contributed by atoms with E-state index in [1.807, 2.05) is 19.1 Å². The molecule has 2 aromatic rings. The van der Waals surface area contributed by atoms with Gasteiger partial charge in [0.15, 0.2) is 17.4 Å². The van der Waals surface area contributed by atoms with E-state index < -0.39 is 23.4 Å². The van der Waals surface area contributed by atoms with Crippen molar-refractivity contribution in [3.05, 3.63) is 59.7 Å². The van der Waals surface area contributed by atoms with Crippen molar-refractivity contribution in [2.75, 3.05) is 13.2 Å². The van der Waals surface area contributed by atoms with Crippen LogP contribution in [0.15, 0.2) is 42.5 Å². The van der Waals surface area contributed by atoms with E-state index in [1.165, 1.54) is 6.07 Å². The largest absolute Gasteiger partial charge is 0.494 e. The van der Waals surface area contributed by atoms with Crippen molar-refractivity contribution in [3.63, 3.8) is 0 Å². The number of benzene rings is 2. The van der Waals surface area contributed by atoms with Gasteiger partial charge in [-0.15, -0.1) is 0 Å². The van der Waals surface area contributed by atoms with Crippen LogP contribution < -0.4 is 15.2 Å². The van der Waals surface area contributed by atoms with E-state index in [1.54, 1.807) is 12.1 Å². The molecule has 2 N–H and O–H groups in total. The lowest BCUT2D eigenvalue weighted by Crippen LogP contribution is -2.20. The van der Waals surface area contributed by atoms with Crippen molar-refractivity contribution in [3.8, 4) is 11.5 Å². The van der Waals surface area contributed by atoms with E-state index in [2.05, 4.69) is 0 Å². The summed E-state index contributed by atoms with van der Waals surface area (Å²) in [4.78, 5) is 0. The van der Waals surface area contributed by atoms with Gasteiger partial charge in [-0.3, -0.25) is 0 Å². The van der Waals surface area contributed by atoms with Crippen molar-refractivity contribution in [2.45, 2.75) is 13.0 Å². The summed E-state index contributed by atoms with van der Waals surface area (Å²) < 4.78 is 37.6. The molecule has 21 heavy (non-hydrogen) atoms. The molecule has 0 aromatic heterocycles. The first-order valence-corrected chi connectivity index (χ1v) is 6.67. The lowest BCUT2D eigenvalue weighted by atomic mass is 10.1. The highest BCUT2D eigenvalue weighted by Crippen LogP contribution is 2.26. The van der Waals surface area contributed by atoms with Gasteiger partial charge in [-0.05, 0) is 25.1 Å². The molecule has 0 aliphatic rings. The first-order valence-electron chi connectivity index (χ1n) is 6.67. The Morgan fingerprint density at radius 3 is 2.33 bits per heavy atom. The molecule has 2 aromatic carbocycles. The van der Waals surface area contributed by atoms with Gasteiger partial charge in [0.2, 0.25) is 0 Å². The van der Waals surface area contributed by atoms with Crippen LogP contribution in [0.3, 0.4) is 0 Å². The van der Waals surface area contributed by atoms with Gasteiger partial charge in [-0.1, -0.05) is 24.3 Å². The molecule has 2 rings (SSSR count). The van der Waals surface area contributed by atoms with Gasteiger partial charge in [0.25, 0.3) is 0 Å². The fourth-order valence-electron chi connectivity index (χ4n) is 1.96. The fourth-order valence-corrected chi connectivity index (χ4v) is 1.96. The van der Waals surface area contributed by atoms with Gasteiger partial charge in [-0.25, -0.2) is 8.78 Å². The van der Waals surface area contributed by atoms with Crippen LogP contribution in [-0.4, -0.2) is 13.2 Å². The number of rotatable bonds is 6. The third kappa shape index (κ3) is 3.70. The Bertz CT molecular complexity index is 584. The number of hydrogen-bond donors (Lipinski definition) is 1. The summed E-state index contributed by atoms with van der Waals surface area (Å²) in [6, 6.07) is 10.3. The minimum absolute atomic E-state index is 0.0536. The third-order valence-electron chi connectivity index (χ3n) is 2.94. The summed E-state index contributed by atoms with van der Waals surface area (Å²) in [5.74, 6) is -1.27. The Balaban J connectivity index is 2.10.